The van der Waals surface area contributed by atoms with Crippen LogP contribution in [0.5, 0.6) is 0 Å². The van der Waals surface area contributed by atoms with Gasteiger partial charge in [-0.1, -0.05) is 48.5 Å². The lowest BCUT2D eigenvalue weighted by Gasteiger charge is -2.02. The third-order valence-electron chi connectivity index (χ3n) is 5.58. The summed E-state index contributed by atoms with van der Waals surface area (Å²) in [5.74, 6) is -0.548. The lowest BCUT2D eigenvalue weighted by atomic mass is 10.1. The molecule has 166 valence electrons. The Morgan fingerprint density at radius 1 is 0.588 bits per heavy atom. The minimum atomic E-state index is -0.498. The number of esters is 2. The molecule has 0 fully saturated rings. The van der Waals surface area contributed by atoms with Gasteiger partial charge in [-0.15, -0.1) is 0 Å². The van der Waals surface area contributed by atoms with Gasteiger partial charge in [0.1, 0.15) is 0 Å². The van der Waals surface area contributed by atoms with Crippen molar-refractivity contribution in [2.75, 3.05) is 0 Å². The van der Waals surface area contributed by atoms with E-state index in [-0.39, 0.29) is 23.2 Å². The van der Waals surface area contributed by atoms with Gasteiger partial charge < -0.3 is 9.47 Å². The predicted molar refractivity (Wildman–Crippen MR) is 130 cm³/mol. The molecule has 2 aliphatic rings. The van der Waals surface area contributed by atoms with Crippen LogP contribution in [0, 0.1) is 13.8 Å². The van der Waals surface area contributed by atoms with Gasteiger partial charge in [0.25, 0.3) is 0 Å². The minimum absolute atomic E-state index is 0.224. The summed E-state index contributed by atoms with van der Waals surface area (Å²) in [5.41, 5.74) is 5.64. The molecule has 0 aliphatic carbocycles. The lowest BCUT2D eigenvalue weighted by Crippen LogP contribution is -2.08. The first-order valence-electron chi connectivity index (χ1n) is 10.7. The monoisotopic (exact) mass is 448 g/mol. The quantitative estimate of drug-likeness (QED) is 0.416. The number of cyclic esters (lactones) is 2. The third-order valence-corrected chi connectivity index (χ3v) is 5.58. The number of ether oxygens (including phenoxy) is 2. The molecule has 3 aromatic rings. The van der Waals surface area contributed by atoms with Crippen molar-refractivity contribution in [3.63, 3.8) is 0 Å². The second-order valence-electron chi connectivity index (χ2n) is 7.96. The Morgan fingerprint density at radius 3 is 1.35 bits per heavy atom. The molecule has 0 bridgehead atoms. The van der Waals surface area contributed by atoms with E-state index in [1.807, 2.05) is 62.4 Å². The number of carbonyl (C=O) groups is 2. The fraction of sp³-hybridized carbons (Fsp3) is 0.0714. The van der Waals surface area contributed by atoms with Crippen LogP contribution in [0.2, 0.25) is 0 Å². The van der Waals surface area contributed by atoms with Crippen LogP contribution in [0.15, 0.2) is 94.2 Å². The summed E-state index contributed by atoms with van der Waals surface area (Å²) in [4.78, 5) is 33.3. The molecular formula is C28H20N2O4. The topological polar surface area (TPSA) is 77.3 Å². The van der Waals surface area contributed by atoms with Gasteiger partial charge in [-0.05, 0) is 72.5 Å². The number of nitrogens with zero attached hydrogens (tertiary/aromatic N) is 2. The molecule has 0 N–H and O–H groups in total. The zero-order valence-corrected chi connectivity index (χ0v) is 18.6. The number of carbonyl (C=O) groups excluding carboxylic acids is 2. The zero-order valence-electron chi connectivity index (χ0n) is 18.6. The van der Waals surface area contributed by atoms with Gasteiger partial charge in [0.05, 0.1) is 0 Å². The Kier molecular flexibility index (Phi) is 5.47. The van der Waals surface area contributed by atoms with Crippen LogP contribution in [0.4, 0.5) is 0 Å². The van der Waals surface area contributed by atoms with Gasteiger partial charge in [0.2, 0.25) is 11.8 Å². The third kappa shape index (κ3) is 4.21. The molecule has 0 amide bonds. The Morgan fingerprint density at radius 2 is 0.971 bits per heavy atom. The lowest BCUT2D eigenvalue weighted by molar-refractivity contribution is -0.130. The van der Waals surface area contributed by atoms with Gasteiger partial charge in [-0.2, -0.15) is 0 Å². The van der Waals surface area contributed by atoms with E-state index in [1.165, 1.54) is 0 Å². The number of aryl methyl sites for hydroxylation is 2. The van der Waals surface area contributed by atoms with E-state index in [0.717, 1.165) is 22.3 Å². The van der Waals surface area contributed by atoms with Crippen molar-refractivity contribution < 1.29 is 19.1 Å². The molecule has 0 unspecified atom stereocenters. The van der Waals surface area contributed by atoms with Gasteiger partial charge >= 0.3 is 11.9 Å². The maximum atomic E-state index is 12.3. The van der Waals surface area contributed by atoms with Crippen LogP contribution in [0.25, 0.3) is 12.2 Å². The smallest absolute Gasteiger partial charge is 0.363 e. The Bertz CT molecular complexity index is 1330. The van der Waals surface area contributed by atoms with Crippen molar-refractivity contribution in [3.8, 4) is 0 Å². The molecule has 6 heteroatoms. The van der Waals surface area contributed by atoms with Gasteiger partial charge in [0, 0.05) is 11.1 Å². The standard InChI is InChI=1S/C28H20N2O4/c1-17-7-3-5-9-21(17)15-23-27(31)33-25(29-23)19-11-13-20(14-12-19)26-30-24(28(32)34-26)16-22-10-6-4-8-18(22)2/h3-16H,1-2H3/b23-15-,24-16-. The van der Waals surface area contributed by atoms with Crippen LogP contribution in [-0.4, -0.2) is 23.7 Å². The molecule has 6 nitrogen and oxygen atoms in total. The largest absolute Gasteiger partial charge is 0.402 e. The average Bonchev–Trinajstić information content (AvgIpc) is 3.39. The van der Waals surface area contributed by atoms with Gasteiger partial charge in [0.15, 0.2) is 11.4 Å². The van der Waals surface area contributed by atoms with E-state index in [1.54, 1.807) is 36.4 Å². The summed E-state index contributed by atoms with van der Waals surface area (Å²) in [7, 11) is 0. The number of benzene rings is 3. The number of aliphatic imine (C=N–C) groups is 2. The summed E-state index contributed by atoms with van der Waals surface area (Å²) >= 11 is 0. The van der Waals surface area contributed by atoms with Gasteiger partial charge in [-0.25, -0.2) is 19.6 Å². The highest BCUT2D eigenvalue weighted by atomic mass is 16.6. The highest BCUT2D eigenvalue weighted by molar-refractivity contribution is 6.14. The Balaban J connectivity index is 1.38. The molecule has 3 aromatic carbocycles. The molecule has 2 heterocycles. The van der Waals surface area contributed by atoms with Crippen molar-refractivity contribution in [1.29, 1.82) is 0 Å². The zero-order chi connectivity index (χ0) is 23.7. The van der Waals surface area contributed by atoms with Crippen molar-refractivity contribution in [1.82, 2.24) is 0 Å². The summed E-state index contributed by atoms with van der Waals surface area (Å²) in [6.45, 7) is 3.94. The van der Waals surface area contributed by atoms with Crippen LogP contribution in [0.3, 0.4) is 0 Å². The van der Waals surface area contributed by atoms with E-state index >= 15 is 0 Å². The van der Waals surface area contributed by atoms with E-state index in [2.05, 4.69) is 9.98 Å². The Labute approximate surface area is 196 Å². The normalized spacial score (nSPS) is 17.6. The molecule has 0 saturated carbocycles. The molecule has 5 rings (SSSR count). The summed E-state index contributed by atoms with van der Waals surface area (Å²) in [6, 6.07) is 22.5. The Hall–Kier alpha value is -4.58. The van der Waals surface area contributed by atoms with Crippen molar-refractivity contribution in [3.05, 3.63) is 118 Å². The maximum Gasteiger partial charge on any atom is 0.363 e. The van der Waals surface area contributed by atoms with Gasteiger partial charge in [-0.3, -0.25) is 0 Å². The molecule has 2 aliphatic heterocycles. The average molecular weight is 448 g/mol. The van der Waals surface area contributed by atoms with Crippen LogP contribution in [-0.2, 0) is 19.1 Å². The van der Waals surface area contributed by atoms with Crippen molar-refractivity contribution in [2.45, 2.75) is 13.8 Å². The van der Waals surface area contributed by atoms with Crippen molar-refractivity contribution in [2.24, 2.45) is 9.98 Å². The van der Waals surface area contributed by atoms with Crippen LogP contribution < -0.4 is 0 Å². The second kappa shape index (κ2) is 8.75. The molecule has 0 atom stereocenters. The predicted octanol–water partition coefficient (Wildman–Crippen LogP) is 4.99. The fourth-order valence-corrected chi connectivity index (χ4v) is 3.61. The summed E-state index contributed by atoms with van der Waals surface area (Å²) in [6.07, 6.45) is 3.43. The molecule has 34 heavy (non-hydrogen) atoms. The molecular weight excluding hydrogens is 428 g/mol. The maximum absolute atomic E-state index is 12.3. The van der Waals surface area contributed by atoms with E-state index in [4.69, 9.17) is 9.47 Å². The minimum Gasteiger partial charge on any atom is -0.402 e. The van der Waals surface area contributed by atoms with Crippen molar-refractivity contribution >= 4 is 35.9 Å². The molecule has 0 saturated heterocycles. The number of rotatable bonds is 4. The highest BCUT2D eigenvalue weighted by Gasteiger charge is 2.26. The van der Waals surface area contributed by atoms with E-state index in [9.17, 15) is 9.59 Å². The highest BCUT2D eigenvalue weighted by Crippen LogP contribution is 2.23. The number of hydrogen-bond donors (Lipinski definition) is 0. The number of hydrogen-bond acceptors (Lipinski definition) is 6. The first-order chi connectivity index (χ1) is 16.5. The second-order valence-corrected chi connectivity index (χ2v) is 7.96. The summed E-state index contributed by atoms with van der Waals surface area (Å²) in [5, 5.41) is 0. The van der Waals surface area contributed by atoms with E-state index < -0.39 is 11.9 Å². The van der Waals surface area contributed by atoms with Crippen LogP contribution in [0.1, 0.15) is 33.4 Å². The van der Waals surface area contributed by atoms with Crippen LogP contribution >= 0.6 is 0 Å². The molecule has 0 radical (unpaired) electrons. The summed E-state index contributed by atoms with van der Waals surface area (Å²) < 4.78 is 10.7. The first-order valence-corrected chi connectivity index (χ1v) is 10.7. The first kappa shape index (κ1) is 21.3. The molecule has 0 spiro atoms. The SMILES string of the molecule is Cc1ccccc1/C=C1\N=C(c2ccc(C3=N/C(=C\c4ccccc4C)C(=O)O3)cc2)OC1=O. The van der Waals surface area contributed by atoms with E-state index in [0.29, 0.717) is 11.1 Å². The molecule has 0 aromatic heterocycles. The fourth-order valence-electron chi connectivity index (χ4n) is 3.61.